The molecule has 6 heteroatoms. The normalized spacial score (nSPS) is 13.1. The van der Waals surface area contributed by atoms with Crippen LogP contribution < -0.4 is 11.1 Å². The lowest BCUT2D eigenvalue weighted by Crippen LogP contribution is -2.24. The minimum atomic E-state index is -0.453. The standard InChI is InChI=1S/C9H17N5O/c1-6(2)11-4-8-5-14(13-12-8)7(3)9(10)15/h5-7,11H,4H2,1-3H3,(H2,10,15). The Morgan fingerprint density at radius 1 is 1.60 bits per heavy atom. The molecule has 0 aliphatic rings. The number of carbonyl (C=O) groups excluding carboxylic acids is 1. The number of hydrogen-bond acceptors (Lipinski definition) is 4. The highest BCUT2D eigenvalue weighted by Gasteiger charge is 2.12. The van der Waals surface area contributed by atoms with E-state index < -0.39 is 11.9 Å². The number of hydrogen-bond donors (Lipinski definition) is 2. The van der Waals surface area contributed by atoms with Gasteiger partial charge < -0.3 is 11.1 Å². The van der Waals surface area contributed by atoms with Gasteiger partial charge in [0.25, 0.3) is 0 Å². The summed E-state index contributed by atoms with van der Waals surface area (Å²) in [4.78, 5) is 10.9. The quantitative estimate of drug-likeness (QED) is 0.707. The first-order valence-electron chi connectivity index (χ1n) is 4.94. The van der Waals surface area contributed by atoms with Crippen LogP contribution in [-0.4, -0.2) is 26.9 Å². The highest BCUT2D eigenvalue weighted by molar-refractivity contribution is 5.77. The minimum Gasteiger partial charge on any atom is -0.368 e. The van der Waals surface area contributed by atoms with Gasteiger partial charge in [-0.25, -0.2) is 4.68 Å². The third kappa shape index (κ3) is 3.32. The molecule has 1 heterocycles. The Labute approximate surface area is 88.8 Å². The SMILES string of the molecule is CC(C)NCc1cn(C(C)C(N)=O)nn1. The number of amides is 1. The van der Waals surface area contributed by atoms with E-state index in [-0.39, 0.29) is 0 Å². The van der Waals surface area contributed by atoms with Crippen molar-refractivity contribution in [3.05, 3.63) is 11.9 Å². The summed E-state index contributed by atoms with van der Waals surface area (Å²) in [5, 5.41) is 11.0. The number of rotatable bonds is 5. The van der Waals surface area contributed by atoms with Crippen molar-refractivity contribution < 1.29 is 4.79 Å². The topological polar surface area (TPSA) is 85.8 Å². The highest BCUT2D eigenvalue weighted by atomic mass is 16.1. The molecule has 0 radical (unpaired) electrons. The molecular formula is C9H17N5O. The number of carbonyl (C=O) groups is 1. The zero-order valence-electron chi connectivity index (χ0n) is 9.27. The van der Waals surface area contributed by atoms with Crippen LogP contribution in [0.1, 0.15) is 32.5 Å². The summed E-state index contributed by atoms with van der Waals surface area (Å²) >= 11 is 0. The number of nitrogens with one attached hydrogen (secondary N) is 1. The van der Waals surface area contributed by atoms with E-state index in [0.29, 0.717) is 12.6 Å². The van der Waals surface area contributed by atoms with E-state index in [2.05, 4.69) is 29.5 Å². The zero-order valence-corrected chi connectivity index (χ0v) is 9.27. The van der Waals surface area contributed by atoms with Crippen molar-refractivity contribution in [1.29, 1.82) is 0 Å². The molecule has 0 aromatic carbocycles. The lowest BCUT2D eigenvalue weighted by molar-refractivity contribution is -0.120. The van der Waals surface area contributed by atoms with Crippen LogP contribution in [-0.2, 0) is 11.3 Å². The first kappa shape index (κ1) is 11.6. The summed E-state index contributed by atoms with van der Waals surface area (Å²) < 4.78 is 1.47. The molecule has 0 spiro atoms. The minimum absolute atomic E-state index is 0.392. The molecular weight excluding hydrogens is 194 g/mol. The van der Waals surface area contributed by atoms with Crippen LogP contribution in [0.4, 0.5) is 0 Å². The maximum atomic E-state index is 10.9. The fourth-order valence-corrected chi connectivity index (χ4v) is 1.02. The van der Waals surface area contributed by atoms with E-state index in [1.54, 1.807) is 13.1 Å². The molecule has 0 fully saturated rings. The first-order valence-corrected chi connectivity index (χ1v) is 4.94. The summed E-state index contributed by atoms with van der Waals surface area (Å²) in [7, 11) is 0. The monoisotopic (exact) mass is 211 g/mol. The summed E-state index contributed by atoms with van der Waals surface area (Å²) in [6, 6.07) is -0.0611. The fourth-order valence-electron chi connectivity index (χ4n) is 1.02. The van der Waals surface area contributed by atoms with Gasteiger partial charge in [0.05, 0.1) is 11.9 Å². The highest BCUT2D eigenvalue weighted by Crippen LogP contribution is 2.03. The van der Waals surface area contributed by atoms with Crippen LogP contribution in [0.2, 0.25) is 0 Å². The van der Waals surface area contributed by atoms with Gasteiger partial charge in [-0.2, -0.15) is 0 Å². The molecule has 1 aromatic rings. The molecule has 0 aliphatic carbocycles. The fraction of sp³-hybridized carbons (Fsp3) is 0.667. The maximum Gasteiger partial charge on any atom is 0.242 e. The molecule has 0 saturated heterocycles. The molecule has 1 unspecified atom stereocenters. The molecule has 1 atom stereocenters. The second-order valence-corrected chi connectivity index (χ2v) is 3.80. The van der Waals surface area contributed by atoms with Gasteiger partial charge in [-0.3, -0.25) is 4.79 Å². The van der Waals surface area contributed by atoms with Crippen LogP contribution in [0.3, 0.4) is 0 Å². The lowest BCUT2D eigenvalue weighted by Gasteiger charge is -2.06. The Morgan fingerprint density at radius 3 is 2.80 bits per heavy atom. The van der Waals surface area contributed by atoms with Gasteiger partial charge in [-0.15, -0.1) is 5.10 Å². The Hall–Kier alpha value is -1.43. The van der Waals surface area contributed by atoms with Gasteiger partial charge in [-0.05, 0) is 6.92 Å². The predicted molar refractivity (Wildman–Crippen MR) is 55.9 cm³/mol. The van der Waals surface area contributed by atoms with Gasteiger partial charge >= 0.3 is 0 Å². The average Bonchev–Trinajstić information content (AvgIpc) is 2.61. The number of nitrogens with two attached hydrogens (primary N) is 1. The van der Waals surface area contributed by atoms with Crippen LogP contribution >= 0.6 is 0 Å². The maximum absolute atomic E-state index is 10.9. The number of primary amides is 1. The molecule has 0 bridgehead atoms. The van der Waals surface area contributed by atoms with E-state index in [0.717, 1.165) is 5.69 Å². The van der Waals surface area contributed by atoms with Crippen LogP contribution in [0.25, 0.3) is 0 Å². The van der Waals surface area contributed by atoms with Crippen LogP contribution in [0, 0.1) is 0 Å². The summed E-state index contributed by atoms with van der Waals surface area (Å²) in [6.07, 6.45) is 1.73. The Kier molecular flexibility index (Phi) is 3.79. The zero-order chi connectivity index (χ0) is 11.4. The summed E-state index contributed by atoms with van der Waals surface area (Å²) in [6.45, 7) is 6.44. The van der Waals surface area contributed by atoms with E-state index in [4.69, 9.17) is 5.73 Å². The van der Waals surface area contributed by atoms with Crippen LogP contribution in [0.15, 0.2) is 6.20 Å². The lowest BCUT2D eigenvalue weighted by atomic mass is 10.3. The van der Waals surface area contributed by atoms with Gasteiger partial charge in [0.1, 0.15) is 6.04 Å². The van der Waals surface area contributed by atoms with Gasteiger partial charge in [-0.1, -0.05) is 19.1 Å². The van der Waals surface area contributed by atoms with Crippen molar-refractivity contribution >= 4 is 5.91 Å². The van der Waals surface area contributed by atoms with Crippen molar-refractivity contribution in [2.24, 2.45) is 5.73 Å². The molecule has 6 nitrogen and oxygen atoms in total. The second kappa shape index (κ2) is 4.88. The molecule has 0 saturated carbocycles. The molecule has 0 aliphatic heterocycles. The van der Waals surface area contributed by atoms with Gasteiger partial charge in [0.2, 0.25) is 5.91 Å². The van der Waals surface area contributed by atoms with Crippen molar-refractivity contribution in [3.63, 3.8) is 0 Å². The van der Waals surface area contributed by atoms with E-state index in [1.807, 2.05) is 0 Å². The second-order valence-electron chi connectivity index (χ2n) is 3.80. The van der Waals surface area contributed by atoms with Crippen molar-refractivity contribution in [2.45, 2.75) is 39.4 Å². The summed E-state index contributed by atoms with van der Waals surface area (Å²) in [5.41, 5.74) is 5.96. The molecule has 3 N–H and O–H groups in total. The Bertz CT molecular complexity index is 333. The molecule has 1 rings (SSSR count). The molecule has 1 amide bonds. The van der Waals surface area contributed by atoms with E-state index >= 15 is 0 Å². The average molecular weight is 211 g/mol. The third-order valence-electron chi connectivity index (χ3n) is 2.06. The number of aromatic nitrogens is 3. The Balaban J connectivity index is 2.60. The molecule has 15 heavy (non-hydrogen) atoms. The summed E-state index contributed by atoms with van der Waals surface area (Å²) in [5.74, 6) is -0.414. The van der Waals surface area contributed by atoms with Crippen LogP contribution in [0.5, 0.6) is 0 Å². The molecule has 1 aromatic heterocycles. The van der Waals surface area contributed by atoms with E-state index in [9.17, 15) is 4.79 Å². The predicted octanol–water partition coefficient (Wildman–Crippen LogP) is -0.178. The number of nitrogens with zero attached hydrogens (tertiary/aromatic N) is 3. The van der Waals surface area contributed by atoms with Crippen molar-refractivity contribution in [2.75, 3.05) is 0 Å². The van der Waals surface area contributed by atoms with E-state index in [1.165, 1.54) is 4.68 Å². The third-order valence-corrected chi connectivity index (χ3v) is 2.06. The van der Waals surface area contributed by atoms with Crippen molar-refractivity contribution in [3.8, 4) is 0 Å². The first-order chi connectivity index (χ1) is 7.00. The largest absolute Gasteiger partial charge is 0.368 e. The Morgan fingerprint density at radius 2 is 2.27 bits per heavy atom. The van der Waals surface area contributed by atoms with Crippen molar-refractivity contribution in [1.82, 2.24) is 20.3 Å². The van der Waals surface area contributed by atoms with Gasteiger partial charge in [0, 0.05) is 12.6 Å². The molecule has 84 valence electrons. The smallest absolute Gasteiger partial charge is 0.242 e. The van der Waals surface area contributed by atoms with Gasteiger partial charge in [0.15, 0.2) is 0 Å².